The van der Waals surface area contributed by atoms with Crippen molar-refractivity contribution in [2.24, 2.45) is 0 Å². The SMILES string of the molecule is CCCCCCCCCCCCCCCCCCc1ccc2c(c1)Cc1ccccc1S2. The Balaban J connectivity index is 1.15. The van der Waals surface area contributed by atoms with E-state index in [4.69, 9.17) is 0 Å². The molecule has 0 radical (unpaired) electrons. The first kappa shape index (κ1) is 25.4. The highest BCUT2D eigenvalue weighted by Gasteiger charge is 2.15. The average Bonchev–Trinajstić information content (AvgIpc) is 2.82. The minimum Gasteiger partial charge on any atom is -0.0895 e. The molecular weight excluding hydrogens is 404 g/mol. The van der Waals surface area contributed by atoms with Gasteiger partial charge in [-0.05, 0) is 48.1 Å². The Morgan fingerprint density at radius 1 is 0.562 bits per heavy atom. The van der Waals surface area contributed by atoms with Gasteiger partial charge in [0.05, 0.1) is 0 Å². The zero-order valence-electron chi connectivity index (χ0n) is 20.7. The number of hydrogen-bond donors (Lipinski definition) is 0. The van der Waals surface area contributed by atoms with Crippen molar-refractivity contribution in [2.45, 2.75) is 132 Å². The second kappa shape index (κ2) is 15.6. The summed E-state index contributed by atoms with van der Waals surface area (Å²) in [7, 11) is 0. The van der Waals surface area contributed by atoms with Gasteiger partial charge in [0.25, 0.3) is 0 Å². The summed E-state index contributed by atoms with van der Waals surface area (Å²) in [5.74, 6) is 0. The van der Waals surface area contributed by atoms with Crippen molar-refractivity contribution < 1.29 is 0 Å². The lowest BCUT2D eigenvalue weighted by Crippen LogP contribution is -2.00. The van der Waals surface area contributed by atoms with Crippen LogP contribution in [0.3, 0.4) is 0 Å². The van der Waals surface area contributed by atoms with Crippen molar-refractivity contribution in [3.8, 4) is 0 Å². The van der Waals surface area contributed by atoms with Crippen LogP contribution in [-0.2, 0) is 12.8 Å². The molecule has 2 aromatic rings. The Bertz CT molecular complexity index is 763. The van der Waals surface area contributed by atoms with E-state index in [1.54, 1.807) is 0 Å². The second-order valence-corrected chi connectivity index (χ2v) is 11.0. The molecule has 176 valence electrons. The molecule has 32 heavy (non-hydrogen) atoms. The molecule has 0 amide bonds. The molecule has 0 spiro atoms. The Labute approximate surface area is 203 Å². The fraction of sp³-hybridized carbons (Fsp3) is 0.613. The first-order valence-corrected chi connectivity index (χ1v) is 14.6. The molecule has 0 aromatic heterocycles. The van der Waals surface area contributed by atoms with Gasteiger partial charge in [-0.1, -0.05) is 145 Å². The maximum absolute atomic E-state index is 2.48. The van der Waals surface area contributed by atoms with Crippen molar-refractivity contribution in [2.75, 3.05) is 0 Å². The van der Waals surface area contributed by atoms with Crippen molar-refractivity contribution in [3.63, 3.8) is 0 Å². The topological polar surface area (TPSA) is 0 Å². The fourth-order valence-corrected chi connectivity index (χ4v) is 6.03. The summed E-state index contributed by atoms with van der Waals surface area (Å²) in [4.78, 5) is 2.89. The van der Waals surface area contributed by atoms with Gasteiger partial charge in [0, 0.05) is 9.79 Å². The standard InChI is InChI=1S/C31H46S/c1-2-3-4-5-6-7-8-9-10-11-12-13-14-15-16-17-20-27-23-24-31-29(25-27)26-28-21-18-19-22-30(28)32-31/h18-19,21-25H,2-17,20,26H2,1H3. The summed E-state index contributed by atoms with van der Waals surface area (Å²) in [6, 6.07) is 16.1. The lowest BCUT2D eigenvalue weighted by molar-refractivity contribution is 0.529. The highest BCUT2D eigenvalue weighted by Crippen LogP contribution is 2.39. The zero-order valence-corrected chi connectivity index (χ0v) is 21.5. The number of fused-ring (bicyclic) bond motifs is 2. The molecule has 0 unspecified atom stereocenters. The first-order valence-electron chi connectivity index (χ1n) is 13.7. The molecule has 2 aromatic carbocycles. The third kappa shape index (κ3) is 9.34. The Hall–Kier alpha value is -1.21. The maximum Gasteiger partial charge on any atom is 0.0158 e. The predicted molar refractivity (Wildman–Crippen MR) is 143 cm³/mol. The molecule has 1 heterocycles. The minimum atomic E-state index is 1.10. The monoisotopic (exact) mass is 450 g/mol. The van der Waals surface area contributed by atoms with Crippen LogP contribution in [0.1, 0.15) is 126 Å². The van der Waals surface area contributed by atoms with Crippen LogP contribution in [0, 0.1) is 0 Å². The first-order chi connectivity index (χ1) is 15.9. The normalized spacial score (nSPS) is 12.5. The van der Waals surface area contributed by atoms with Crippen LogP contribution in [0.4, 0.5) is 0 Å². The van der Waals surface area contributed by atoms with Crippen LogP contribution in [0.2, 0.25) is 0 Å². The molecule has 0 bridgehead atoms. The molecule has 1 aliphatic heterocycles. The minimum absolute atomic E-state index is 1.10. The van der Waals surface area contributed by atoms with Gasteiger partial charge in [-0.25, -0.2) is 0 Å². The van der Waals surface area contributed by atoms with Crippen LogP contribution in [0.5, 0.6) is 0 Å². The molecule has 1 aliphatic rings. The van der Waals surface area contributed by atoms with Gasteiger partial charge in [-0.2, -0.15) is 0 Å². The molecule has 0 atom stereocenters. The lowest BCUT2D eigenvalue weighted by Gasteiger charge is -2.19. The largest absolute Gasteiger partial charge is 0.0895 e. The van der Waals surface area contributed by atoms with Gasteiger partial charge in [0.1, 0.15) is 0 Å². The lowest BCUT2D eigenvalue weighted by atomic mass is 9.99. The number of benzene rings is 2. The van der Waals surface area contributed by atoms with E-state index < -0.39 is 0 Å². The van der Waals surface area contributed by atoms with Gasteiger partial charge in [0.15, 0.2) is 0 Å². The van der Waals surface area contributed by atoms with Crippen molar-refractivity contribution in [1.82, 2.24) is 0 Å². The van der Waals surface area contributed by atoms with E-state index in [0.29, 0.717) is 0 Å². The quantitative estimate of drug-likeness (QED) is 0.184. The van der Waals surface area contributed by atoms with Gasteiger partial charge in [-0.15, -0.1) is 0 Å². The Kier molecular flexibility index (Phi) is 12.4. The van der Waals surface area contributed by atoms with Gasteiger partial charge in [0.2, 0.25) is 0 Å². The van der Waals surface area contributed by atoms with Crippen molar-refractivity contribution in [1.29, 1.82) is 0 Å². The summed E-state index contributed by atoms with van der Waals surface area (Å²) in [5, 5.41) is 0. The zero-order chi connectivity index (χ0) is 22.3. The predicted octanol–water partition coefficient (Wildman–Crippen LogP) is 10.5. The Morgan fingerprint density at radius 2 is 1.09 bits per heavy atom. The van der Waals surface area contributed by atoms with Gasteiger partial charge < -0.3 is 0 Å². The summed E-state index contributed by atoms with van der Waals surface area (Å²) in [5.41, 5.74) is 4.56. The molecule has 0 saturated heterocycles. The third-order valence-electron chi connectivity index (χ3n) is 7.02. The second-order valence-electron chi connectivity index (χ2n) is 9.88. The molecule has 1 heteroatoms. The average molecular weight is 451 g/mol. The van der Waals surface area contributed by atoms with E-state index in [1.165, 1.54) is 136 Å². The highest BCUT2D eigenvalue weighted by atomic mass is 32.2. The number of unbranched alkanes of at least 4 members (excludes halogenated alkanes) is 15. The summed E-state index contributed by atoms with van der Waals surface area (Å²) < 4.78 is 0. The fourth-order valence-electron chi connectivity index (χ4n) is 4.98. The maximum atomic E-state index is 2.48. The van der Waals surface area contributed by atoms with E-state index in [2.05, 4.69) is 49.4 Å². The molecule has 0 fully saturated rings. The van der Waals surface area contributed by atoms with Crippen LogP contribution in [-0.4, -0.2) is 0 Å². The van der Waals surface area contributed by atoms with Gasteiger partial charge >= 0.3 is 0 Å². The smallest absolute Gasteiger partial charge is 0.0158 e. The van der Waals surface area contributed by atoms with Crippen LogP contribution >= 0.6 is 11.8 Å². The van der Waals surface area contributed by atoms with E-state index >= 15 is 0 Å². The van der Waals surface area contributed by atoms with E-state index in [9.17, 15) is 0 Å². The number of hydrogen-bond acceptors (Lipinski definition) is 1. The molecular formula is C31H46S. The van der Waals surface area contributed by atoms with Gasteiger partial charge in [-0.3, -0.25) is 0 Å². The van der Waals surface area contributed by atoms with Crippen molar-refractivity contribution in [3.05, 3.63) is 59.2 Å². The molecule has 0 saturated carbocycles. The summed E-state index contributed by atoms with van der Waals surface area (Å²) >= 11 is 1.94. The van der Waals surface area contributed by atoms with Crippen LogP contribution < -0.4 is 0 Å². The summed E-state index contributed by atoms with van der Waals surface area (Å²) in [6.45, 7) is 2.30. The Morgan fingerprint density at radius 3 is 1.72 bits per heavy atom. The van der Waals surface area contributed by atoms with E-state index in [-0.39, 0.29) is 0 Å². The van der Waals surface area contributed by atoms with Crippen molar-refractivity contribution >= 4 is 11.8 Å². The van der Waals surface area contributed by atoms with E-state index in [1.807, 2.05) is 11.8 Å². The van der Waals surface area contributed by atoms with E-state index in [0.717, 1.165) is 6.42 Å². The molecule has 0 N–H and O–H groups in total. The summed E-state index contributed by atoms with van der Waals surface area (Å²) in [6.07, 6.45) is 25.4. The third-order valence-corrected chi connectivity index (χ3v) is 8.25. The molecule has 0 aliphatic carbocycles. The number of aryl methyl sites for hydroxylation is 1. The van der Waals surface area contributed by atoms with Crippen LogP contribution in [0.15, 0.2) is 52.3 Å². The van der Waals surface area contributed by atoms with Crippen LogP contribution in [0.25, 0.3) is 0 Å². The molecule has 3 rings (SSSR count). The number of rotatable bonds is 17. The highest BCUT2D eigenvalue weighted by molar-refractivity contribution is 7.99. The molecule has 0 nitrogen and oxygen atoms in total.